The molecule has 0 fully saturated rings. The van der Waals surface area contributed by atoms with Crippen LogP contribution in [0.4, 0.5) is 0 Å². The van der Waals surface area contributed by atoms with Crippen LogP contribution in [-0.2, 0) is 8.85 Å². The maximum absolute atomic E-state index is 6.35. The minimum atomic E-state index is -2.38. The van der Waals surface area contributed by atoms with Crippen molar-refractivity contribution < 1.29 is 8.85 Å². The summed E-state index contributed by atoms with van der Waals surface area (Å²) in [6.07, 6.45) is 17.1. The highest BCUT2D eigenvalue weighted by Crippen LogP contribution is 2.21. The van der Waals surface area contributed by atoms with Gasteiger partial charge >= 0.3 is 8.56 Å². The summed E-state index contributed by atoms with van der Waals surface area (Å²) in [5.74, 6) is 0. The lowest BCUT2D eigenvalue weighted by atomic mass is 10.1. The molecule has 0 aromatic carbocycles. The van der Waals surface area contributed by atoms with E-state index in [9.17, 15) is 0 Å². The molecular weight excluding hydrogens is 372 g/mol. The second kappa shape index (κ2) is 16.4. The Labute approximate surface area is 182 Å². The van der Waals surface area contributed by atoms with E-state index >= 15 is 0 Å². The molecule has 0 bridgehead atoms. The molecule has 29 heavy (non-hydrogen) atoms. The zero-order valence-corrected chi connectivity index (χ0v) is 20.9. The summed E-state index contributed by atoms with van der Waals surface area (Å²) in [4.78, 5) is 0. The van der Waals surface area contributed by atoms with Gasteiger partial charge in [0.25, 0.3) is 0 Å². The van der Waals surface area contributed by atoms with E-state index in [1.165, 1.54) is 22.3 Å². The molecule has 0 atom stereocenters. The maximum atomic E-state index is 6.35. The lowest BCUT2D eigenvalue weighted by Crippen LogP contribution is -2.41. The Morgan fingerprint density at radius 2 is 1.03 bits per heavy atom. The summed E-state index contributed by atoms with van der Waals surface area (Å²) < 4.78 is 12.7. The number of rotatable bonds is 16. The quantitative estimate of drug-likeness (QED) is 0.186. The van der Waals surface area contributed by atoms with Crippen LogP contribution in [0.15, 0.2) is 71.9 Å². The Hall–Kier alpha value is -1.42. The van der Waals surface area contributed by atoms with Crippen LogP contribution in [0.5, 0.6) is 0 Å². The highest BCUT2D eigenvalue weighted by Gasteiger charge is 2.34. The average Bonchev–Trinajstić information content (AvgIpc) is 2.61. The van der Waals surface area contributed by atoms with Crippen LogP contribution in [0, 0.1) is 0 Å². The van der Waals surface area contributed by atoms with Gasteiger partial charge in [-0.15, -0.1) is 13.2 Å². The summed E-state index contributed by atoms with van der Waals surface area (Å²) in [5.41, 5.74) is 5.46. The van der Waals surface area contributed by atoms with Crippen LogP contribution in [0.1, 0.15) is 67.2 Å². The average molecular weight is 417 g/mol. The van der Waals surface area contributed by atoms with Gasteiger partial charge in [0.15, 0.2) is 0 Å². The van der Waals surface area contributed by atoms with Crippen LogP contribution in [0.3, 0.4) is 0 Å². The van der Waals surface area contributed by atoms with E-state index in [2.05, 4.69) is 79.0 Å². The third-order valence-corrected chi connectivity index (χ3v) is 7.86. The molecule has 0 rings (SSSR count). The van der Waals surface area contributed by atoms with Gasteiger partial charge in [0.2, 0.25) is 0 Å². The van der Waals surface area contributed by atoms with Gasteiger partial charge in [-0.1, -0.05) is 58.7 Å². The van der Waals surface area contributed by atoms with Gasteiger partial charge in [-0.25, -0.2) is 0 Å². The lowest BCUT2D eigenvalue weighted by molar-refractivity contribution is 0.205. The molecule has 3 heteroatoms. The topological polar surface area (TPSA) is 18.5 Å². The monoisotopic (exact) mass is 416 g/mol. The molecule has 0 heterocycles. The molecule has 0 aromatic heterocycles. The smallest absolute Gasteiger partial charge is 0.346 e. The second-order valence-corrected chi connectivity index (χ2v) is 11.5. The van der Waals surface area contributed by atoms with Crippen molar-refractivity contribution in [3.8, 4) is 0 Å². The molecule has 0 radical (unpaired) electrons. The molecule has 2 nitrogen and oxygen atoms in total. The van der Waals surface area contributed by atoms with Crippen molar-refractivity contribution in [1.82, 2.24) is 0 Å². The van der Waals surface area contributed by atoms with Gasteiger partial charge in [0.1, 0.15) is 0 Å². The standard InChI is InChI=1S/C26H44O2Si/c1-9-21-29(22-10-2,27-19-17-25(7)15-11-13-23(3)4)28-20-18-26(8)16-12-14-24(5)6/h9-10,13-14,17-18H,1-2,11-12,15-16,19-22H2,3-8H3. The Balaban J connectivity index is 4.83. The Morgan fingerprint density at radius 1 is 0.655 bits per heavy atom. The first kappa shape index (κ1) is 27.6. The number of allylic oxidation sites excluding steroid dienone is 8. The van der Waals surface area contributed by atoms with Crippen molar-refractivity contribution in [1.29, 1.82) is 0 Å². The first-order valence-corrected chi connectivity index (χ1v) is 13.1. The molecule has 0 aliphatic heterocycles. The Bertz CT molecular complexity index is 546. The molecule has 0 amide bonds. The van der Waals surface area contributed by atoms with Crippen molar-refractivity contribution in [3.63, 3.8) is 0 Å². The first-order valence-electron chi connectivity index (χ1n) is 10.8. The third-order valence-electron chi connectivity index (χ3n) is 4.65. The zero-order chi connectivity index (χ0) is 22.1. The largest absolute Gasteiger partial charge is 0.390 e. The molecule has 0 aliphatic carbocycles. The fraction of sp³-hybridized carbons (Fsp3) is 0.538. The first-order chi connectivity index (χ1) is 13.7. The predicted molar refractivity (Wildman–Crippen MR) is 133 cm³/mol. The van der Waals surface area contributed by atoms with Gasteiger partial charge in [-0.2, -0.15) is 0 Å². The van der Waals surface area contributed by atoms with Crippen molar-refractivity contribution in [2.75, 3.05) is 13.2 Å². The summed E-state index contributed by atoms with van der Waals surface area (Å²) in [6.45, 7) is 21.9. The zero-order valence-electron chi connectivity index (χ0n) is 19.9. The molecule has 0 saturated heterocycles. The Kier molecular flexibility index (Phi) is 15.6. The summed E-state index contributed by atoms with van der Waals surface area (Å²) in [6, 6.07) is 1.54. The number of hydrogen-bond acceptors (Lipinski definition) is 2. The van der Waals surface area contributed by atoms with Crippen LogP contribution in [-0.4, -0.2) is 21.8 Å². The minimum Gasteiger partial charge on any atom is -0.390 e. The third kappa shape index (κ3) is 15.1. The fourth-order valence-corrected chi connectivity index (χ4v) is 5.23. The SMILES string of the molecule is C=CC[Si](CC=C)(OCC=C(C)CCC=C(C)C)OCC=C(C)CCC=C(C)C. The summed E-state index contributed by atoms with van der Waals surface area (Å²) in [7, 11) is -2.38. The minimum absolute atomic E-state index is 0.595. The van der Waals surface area contributed by atoms with Crippen LogP contribution < -0.4 is 0 Å². The van der Waals surface area contributed by atoms with E-state index in [4.69, 9.17) is 8.85 Å². The van der Waals surface area contributed by atoms with E-state index in [0.29, 0.717) is 13.2 Å². The van der Waals surface area contributed by atoms with Gasteiger partial charge < -0.3 is 8.85 Å². The van der Waals surface area contributed by atoms with Crippen molar-refractivity contribution in [2.24, 2.45) is 0 Å². The number of hydrogen-bond donors (Lipinski definition) is 0. The van der Waals surface area contributed by atoms with Crippen molar-refractivity contribution in [2.45, 2.75) is 79.3 Å². The molecule has 0 aliphatic rings. The highest BCUT2D eigenvalue weighted by atomic mass is 28.4. The molecule has 0 aromatic rings. The second-order valence-electron chi connectivity index (χ2n) is 8.26. The molecule has 0 saturated carbocycles. The normalized spacial score (nSPS) is 12.5. The maximum Gasteiger partial charge on any atom is 0.346 e. The molecule has 0 spiro atoms. The Morgan fingerprint density at radius 3 is 1.34 bits per heavy atom. The van der Waals surface area contributed by atoms with E-state index in [0.717, 1.165) is 37.8 Å². The van der Waals surface area contributed by atoms with E-state index < -0.39 is 8.56 Å². The molecule has 0 unspecified atom stereocenters. The molecular formula is C26H44O2Si. The van der Waals surface area contributed by atoms with Crippen LogP contribution in [0.25, 0.3) is 0 Å². The molecule has 164 valence electrons. The molecule has 0 N–H and O–H groups in total. The van der Waals surface area contributed by atoms with Gasteiger partial charge in [0, 0.05) is 12.1 Å². The highest BCUT2D eigenvalue weighted by molar-refractivity contribution is 6.68. The van der Waals surface area contributed by atoms with Gasteiger partial charge in [-0.05, 0) is 67.2 Å². The van der Waals surface area contributed by atoms with Gasteiger partial charge in [-0.3, -0.25) is 0 Å². The van der Waals surface area contributed by atoms with Crippen LogP contribution in [0.2, 0.25) is 12.1 Å². The van der Waals surface area contributed by atoms with E-state index in [1.807, 2.05) is 12.2 Å². The predicted octanol–water partition coefficient (Wildman–Crippen LogP) is 8.22. The van der Waals surface area contributed by atoms with Crippen molar-refractivity contribution in [3.05, 3.63) is 71.9 Å². The van der Waals surface area contributed by atoms with E-state index in [1.54, 1.807) is 0 Å². The van der Waals surface area contributed by atoms with Gasteiger partial charge in [0.05, 0.1) is 13.2 Å². The lowest BCUT2D eigenvalue weighted by Gasteiger charge is -2.28. The van der Waals surface area contributed by atoms with E-state index in [-0.39, 0.29) is 0 Å². The van der Waals surface area contributed by atoms with Crippen molar-refractivity contribution >= 4 is 8.56 Å². The summed E-state index contributed by atoms with van der Waals surface area (Å²) in [5, 5.41) is 0. The fourth-order valence-electron chi connectivity index (χ4n) is 2.85. The van der Waals surface area contributed by atoms with Crippen LogP contribution >= 0.6 is 0 Å². The summed E-state index contributed by atoms with van der Waals surface area (Å²) >= 11 is 0.